The zero-order valence-corrected chi connectivity index (χ0v) is 13.7. The standard InChI is InChI=1S/C16H33NO4/c1-16(14-18,17-15-6-7-15)8-3-4-10-20-12-13-21-11-5-9-19-2/h15,17-18H,3-14H2,1-2H3. The van der Waals surface area contributed by atoms with Gasteiger partial charge >= 0.3 is 0 Å². The summed E-state index contributed by atoms with van der Waals surface area (Å²) < 4.78 is 15.9. The van der Waals surface area contributed by atoms with Crippen LogP contribution in [0.2, 0.25) is 0 Å². The molecule has 1 unspecified atom stereocenters. The molecule has 0 aliphatic heterocycles. The minimum atomic E-state index is -0.119. The van der Waals surface area contributed by atoms with E-state index in [2.05, 4.69) is 12.2 Å². The summed E-state index contributed by atoms with van der Waals surface area (Å²) in [6.07, 6.45) is 6.55. The predicted molar refractivity (Wildman–Crippen MR) is 83.6 cm³/mol. The van der Waals surface area contributed by atoms with Crippen LogP contribution in [0.15, 0.2) is 0 Å². The Morgan fingerprint density at radius 2 is 1.67 bits per heavy atom. The van der Waals surface area contributed by atoms with E-state index in [9.17, 15) is 5.11 Å². The van der Waals surface area contributed by atoms with E-state index in [-0.39, 0.29) is 12.1 Å². The van der Waals surface area contributed by atoms with E-state index in [0.717, 1.165) is 45.5 Å². The van der Waals surface area contributed by atoms with Crippen LogP contribution in [-0.2, 0) is 14.2 Å². The van der Waals surface area contributed by atoms with Crippen molar-refractivity contribution in [3.63, 3.8) is 0 Å². The number of methoxy groups -OCH3 is 1. The molecule has 1 atom stereocenters. The first-order valence-electron chi connectivity index (χ1n) is 8.23. The van der Waals surface area contributed by atoms with E-state index in [1.54, 1.807) is 7.11 Å². The highest BCUT2D eigenvalue weighted by molar-refractivity contribution is 4.92. The lowest BCUT2D eigenvalue weighted by Crippen LogP contribution is -2.46. The number of hydrogen-bond acceptors (Lipinski definition) is 5. The van der Waals surface area contributed by atoms with Gasteiger partial charge in [-0.05, 0) is 45.4 Å². The van der Waals surface area contributed by atoms with Crippen LogP contribution in [0.3, 0.4) is 0 Å². The topological polar surface area (TPSA) is 60.0 Å². The summed E-state index contributed by atoms with van der Waals surface area (Å²) >= 11 is 0. The number of rotatable bonds is 15. The molecule has 0 aromatic heterocycles. The molecule has 0 aromatic carbocycles. The number of ether oxygens (including phenoxy) is 3. The Hall–Kier alpha value is -0.200. The second kappa shape index (κ2) is 11.4. The number of unbranched alkanes of at least 4 members (excludes halogenated alkanes) is 1. The predicted octanol–water partition coefficient (Wildman–Crippen LogP) is 1.73. The van der Waals surface area contributed by atoms with E-state index in [1.165, 1.54) is 12.8 Å². The fraction of sp³-hybridized carbons (Fsp3) is 1.00. The van der Waals surface area contributed by atoms with Crippen molar-refractivity contribution < 1.29 is 19.3 Å². The molecule has 0 radical (unpaired) electrons. The lowest BCUT2D eigenvalue weighted by atomic mass is 9.95. The third-order valence-corrected chi connectivity index (χ3v) is 3.76. The van der Waals surface area contributed by atoms with Gasteiger partial charge in [-0.25, -0.2) is 0 Å². The van der Waals surface area contributed by atoms with Gasteiger partial charge in [-0.15, -0.1) is 0 Å². The lowest BCUT2D eigenvalue weighted by Gasteiger charge is -2.29. The summed E-state index contributed by atoms with van der Waals surface area (Å²) in [7, 11) is 1.70. The molecule has 1 fully saturated rings. The number of aliphatic hydroxyl groups is 1. The molecule has 0 saturated heterocycles. The summed E-state index contributed by atoms with van der Waals surface area (Å²) in [6, 6.07) is 0.633. The van der Waals surface area contributed by atoms with Crippen molar-refractivity contribution in [1.29, 1.82) is 0 Å². The Morgan fingerprint density at radius 1 is 1.00 bits per heavy atom. The molecule has 1 rings (SSSR count). The van der Waals surface area contributed by atoms with Crippen LogP contribution < -0.4 is 5.32 Å². The van der Waals surface area contributed by atoms with Crippen molar-refractivity contribution in [3.8, 4) is 0 Å². The molecule has 0 bridgehead atoms. The molecule has 21 heavy (non-hydrogen) atoms. The van der Waals surface area contributed by atoms with Crippen molar-refractivity contribution in [2.24, 2.45) is 0 Å². The minimum Gasteiger partial charge on any atom is -0.394 e. The Labute approximate surface area is 129 Å². The van der Waals surface area contributed by atoms with Gasteiger partial charge in [-0.2, -0.15) is 0 Å². The first-order chi connectivity index (χ1) is 10.2. The fourth-order valence-electron chi connectivity index (χ4n) is 2.26. The molecular formula is C16H33NO4. The van der Waals surface area contributed by atoms with Gasteiger partial charge in [0.1, 0.15) is 0 Å². The van der Waals surface area contributed by atoms with Crippen LogP contribution in [0.5, 0.6) is 0 Å². The summed E-state index contributed by atoms with van der Waals surface area (Å²) in [5.74, 6) is 0. The van der Waals surface area contributed by atoms with Crippen molar-refractivity contribution in [3.05, 3.63) is 0 Å². The minimum absolute atomic E-state index is 0.119. The Morgan fingerprint density at radius 3 is 2.24 bits per heavy atom. The fourth-order valence-corrected chi connectivity index (χ4v) is 2.26. The normalized spacial score (nSPS) is 17.9. The maximum Gasteiger partial charge on any atom is 0.0700 e. The van der Waals surface area contributed by atoms with E-state index >= 15 is 0 Å². The zero-order valence-electron chi connectivity index (χ0n) is 13.7. The molecule has 0 amide bonds. The molecular weight excluding hydrogens is 270 g/mol. The second-order valence-corrected chi connectivity index (χ2v) is 6.17. The van der Waals surface area contributed by atoms with Gasteiger partial charge in [0.25, 0.3) is 0 Å². The molecule has 0 aromatic rings. The molecule has 1 aliphatic carbocycles. The Kier molecular flexibility index (Phi) is 10.2. The van der Waals surface area contributed by atoms with E-state index in [0.29, 0.717) is 19.3 Å². The monoisotopic (exact) mass is 303 g/mol. The Bertz CT molecular complexity index is 248. The zero-order chi connectivity index (χ0) is 15.4. The van der Waals surface area contributed by atoms with Crippen LogP contribution in [-0.4, -0.2) is 63.4 Å². The molecule has 5 heteroatoms. The van der Waals surface area contributed by atoms with Crippen molar-refractivity contribution in [2.45, 2.75) is 57.0 Å². The average Bonchev–Trinajstić information content (AvgIpc) is 3.28. The number of nitrogens with one attached hydrogen (secondary N) is 1. The van der Waals surface area contributed by atoms with Gasteiger partial charge in [-0.3, -0.25) is 0 Å². The van der Waals surface area contributed by atoms with E-state index < -0.39 is 0 Å². The first kappa shape index (κ1) is 18.8. The molecule has 0 heterocycles. The molecule has 5 nitrogen and oxygen atoms in total. The van der Waals surface area contributed by atoms with Crippen LogP contribution >= 0.6 is 0 Å². The van der Waals surface area contributed by atoms with Gasteiger partial charge in [0.15, 0.2) is 0 Å². The highest BCUT2D eigenvalue weighted by Gasteiger charge is 2.31. The summed E-state index contributed by atoms with van der Waals surface area (Å²) in [6.45, 7) is 5.89. The number of aliphatic hydroxyl groups excluding tert-OH is 1. The summed E-state index contributed by atoms with van der Waals surface area (Å²) in [5.41, 5.74) is -0.119. The van der Waals surface area contributed by atoms with Crippen molar-refractivity contribution >= 4 is 0 Å². The van der Waals surface area contributed by atoms with Crippen LogP contribution in [0.4, 0.5) is 0 Å². The first-order valence-corrected chi connectivity index (χ1v) is 8.23. The van der Waals surface area contributed by atoms with E-state index in [1.807, 2.05) is 0 Å². The third kappa shape index (κ3) is 10.2. The van der Waals surface area contributed by atoms with Gasteiger partial charge < -0.3 is 24.6 Å². The summed E-state index contributed by atoms with van der Waals surface area (Å²) in [4.78, 5) is 0. The molecule has 0 spiro atoms. The maximum absolute atomic E-state index is 9.50. The SMILES string of the molecule is COCCCOCCOCCCCC(C)(CO)NC1CC1. The maximum atomic E-state index is 9.50. The molecule has 126 valence electrons. The molecule has 2 N–H and O–H groups in total. The smallest absolute Gasteiger partial charge is 0.0700 e. The van der Waals surface area contributed by atoms with E-state index in [4.69, 9.17) is 14.2 Å². The average molecular weight is 303 g/mol. The van der Waals surface area contributed by atoms with Gasteiger partial charge in [0.2, 0.25) is 0 Å². The number of hydrogen-bond donors (Lipinski definition) is 2. The van der Waals surface area contributed by atoms with Crippen molar-refractivity contribution in [2.75, 3.05) is 46.8 Å². The second-order valence-electron chi connectivity index (χ2n) is 6.17. The van der Waals surface area contributed by atoms with Crippen LogP contribution in [0.25, 0.3) is 0 Å². The van der Waals surface area contributed by atoms with Gasteiger partial charge in [0, 0.05) is 38.5 Å². The highest BCUT2D eigenvalue weighted by Crippen LogP contribution is 2.24. The van der Waals surface area contributed by atoms with Crippen LogP contribution in [0, 0.1) is 0 Å². The summed E-state index contributed by atoms with van der Waals surface area (Å²) in [5, 5.41) is 13.0. The quantitative estimate of drug-likeness (QED) is 0.451. The Balaban J connectivity index is 1.85. The van der Waals surface area contributed by atoms with Gasteiger partial charge in [-0.1, -0.05) is 0 Å². The van der Waals surface area contributed by atoms with Gasteiger partial charge in [0.05, 0.1) is 19.8 Å². The molecule has 1 aliphatic rings. The largest absolute Gasteiger partial charge is 0.394 e. The highest BCUT2D eigenvalue weighted by atomic mass is 16.5. The molecule has 1 saturated carbocycles. The lowest BCUT2D eigenvalue weighted by molar-refractivity contribution is 0.0379. The third-order valence-electron chi connectivity index (χ3n) is 3.76. The van der Waals surface area contributed by atoms with Crippen molar-refractivity contribution in [1.82, 2.24) is 5.32 Å². The van der Waals surface area contributed by atoms with Crippen LogP contribution in [0.1, 0.15) is 45.4 Å².